The summed E-state index contributed by atoms with van der Waals surface area (Å²) in [6.45, 7) is 0.755. The van der Waals surface area contributed by atoms with Crippen LogP contribution in [0, 0.1) is 10.7 Å². The molecular formula is C12H15I3N2O2. The number of nitrogens with one attached hydrogen (secondary N) is 1. The van der Waals surface area contributed by atoms with Crippen LogP contribution in [-0.4, -0.2) is 36.7 Å². The number of nitrogens with zero attached hydrogens (tertiary/aromatic N) is 1. The van der Waals surface area contributed by atoms with E-state index < -0.39 is 5.97 Å². The molecule has 0 fully saturated rings. The van der Waals surface area contributed by atoms with Gasteiger partial charge in [-0.15, -0.1) is 0 Å². The molecule has 0 aliphatic heterocycles. The van der Waals surface area contributed by atoms with Crippen LogP contribution in [0.5, 0.6) is 0 Å². The quantitative estimate of drug-likeness (QED) is 0.389. The van der Waals surface area contributed by atoms with Gasteiger partial charge in [-0.1, -0.05) is 0 Å². The number of anilines is 1. The molecule has 0 aliphatic rings. The maximum Gasteiger partial charge on any atom is 0.303 e. The third kappa shape index (κ3) is 5.50. The van der Waals surface area contributed by atoms with Gasteiger partial charge in [0.05, 0.1) is 12.4 Å². The smallest absolute Gasteiger partial charge is 0.303 e. The van der Waals surface area contributed by atoms with Gasteiger partial charge in [-0.3, -0.25) is 9.69 Å². The molecule has 106 valence electrons. The van der Waals surface area contributed by atoms with Crippen LogP contribution in [0.25, 0.3) is 0 Å². The van der Waals surface area contributed by atoms with E-state index in [-0.39, 0.29) is 6.42 Å². The van der Waals surface area contributed by atoms with Crippen molar-refractivity contribution < 1.29 is 9.90 Å². The standard InChI is InChI=1S/C12H15I3N2O2/c1-17(2)6-16-12-9(14)5-8(13)7(11(12)15)3-4-10(18)19/h5,16H,3-4,6H2,1-2H3,(H,18,19). The number of aliphatic carboxylic acids is 1. The molecule has 1 rings (SSSR count). The second kappa shape index (κ2) is 8.17. The van der Waals surface area contributed by atoms with E-state index in [0.717, 1.165) is 28.6 Å². The third-order valence-electron chi connectivity index (χ3n) is 2.43. The van der Waals surface area contributed by atoms with Gasteiger partial charge < -0.3 is 10.4 Å². The average molecular weight is 600 g/mol. The number of benzene rings is 1. The summed E-state index contributed by atoms with van der Waals surface area (Å²) < 4.78 is 3.41. The average Bonchev–Trinajstić information content (AvgIpc) is 2.27. The molecule has 4 nitrogen and oxygen atoms in total. The molecule has 0 saturated heterocycles. The highest BCUT2D eigenvalue weighted by atomic mass is 127. The summed E-state index contributed by atoms with van der Waals surface area (Å²) in [7, 11) is 4.01. The molecule has 1 aromatic carbocycles. The van der Waals surface area contributed by atoms with Crippen LogP contribution in [0.4, 0.5) is 5.69 Å². The fourth-order valence-electron chi connectivity index (χ4n) is 1.49. The Kier molecular flexibility index (Phi) is 7.61. The van der Waals surface area contributed by atoms with E-state index in [9.17, 15) is 4.79 Å². The summed E-state index contributed by atoms with van der Waals surface area (Å²) in [6, 6.07) is 2.10. The molecule has 0 saturated carbocycles. The van der Waals surface area contributed by atoms with E-state index in [4.69, 9.17) is 5.11 Å². The molecule has 0 bridgehead atoms. The number of carbonyl (C=O) groups is 1. The summed E-state index contributed by atoms with van der Waals surface area (Å²) in [4.78, 5) is 12.8. The lowest BCUT2D eigenvalue weighted by Gasteiger charge is -2.18. The van der Waals surface area contributed by atoms with Crippen LogP contribution < -0.4 is 5.32 Å². The van der Waals surface area contributed by atoms with E-state index in [1.54, 1.807) is 0 Å². The Balaban J connectivity index is 3.03. The minimum atomic E-state index is -0.757. The normalized spacial score (nSPS) is 10.8. The number of hydrogen-bond donors (Lipinski definition) is 2. The van der Waals surface area contributed by atoms with Gasteiger partial charge in [0.2, 0.25) is 0 Å². The lowest BCUT2D eigenvalue weighted by molar-refractivity contribution is -0.136. The Morgan fingerprint density at radius 1 is 1.32 bits per heavy atom. The van der Waals surface area contributed by atoms with Gasteiger partial charge in [-0.05, 0) is 99.9 Å². The summed E-state index contributed by atoms with van der Waals surface area (Å²) in [5.41, 5.74) is 2.21. The Hall–Kier alpha value is 0.640. The lowest BCUT2D eigenvalue weighted by Crippen LogP contribution is -2.21. The van der Waals surface area contributed by atoms with Crippen LogP contribution in [0.2, 0.25) is 0 Å². The summed E-state index contributed by atoms with van der Waals surface area (Å²) in [6.07, 6.45) is 0.735. The van der Waals surface area contributed by atoms with Crippen molar-refractivity contribution in [3.05, 3.63) is 22.3 Å². The van der Waals surface area contributed by atoms with Gasteiger partial charge in [0.15, 0.2) is 0 Å². The van der Waals surface area contributed by atoms with E-state index >= 15 is 0 Å². The predicted octanol–water partition coefficient (Wildman–Crippen LogP) is 3.45. The maximum atomic E-state index is 10.7. The van der Waals surface area contributed by atoms with E-state index in [1.807, 2.05) is 14.1 Å². The van der Waals surface area contributed by atoms with E-state index in [1.165, 1.54) is 0 Å². The minimum Gasteiger partial charge on any atom is -0.481 e. The van der Waals surface area contributed by atoms with Crippen LogP contribution in [0.15, 0.2) is 6.07 Å². The Morgan fingerprint density at radius 2 is 1.95 bits per heavy atom. The van der Waals surface area contributed by atoms with Crippen LogP contribution in [0.3, 0.4) is 0 Å². The Labute approximate surface area is 154 Å². The van der Waals surface area contributed by atoms with Crippen molar-refractivity contribution in [1.82, 2.24) is 4.90 Å². The van der Waals surface area contributed by atoms with Crippen molar-refractivity contribution in [1.29, 1.82) is 0 Å². The lowest BCUT2D eigenvalue weighted by atomic mass is 10.1. The number of carboxylic acids is 1. The number of halogens is 3. The number of carboxylic acid groups (broad SMARTS) is 1. The van der Waals surface area contributed by atoms with Crippen molar-refractivity contribution in [2.45, 2.75) is 12.8 Å². The van der Waals surface area contributed by atoms with Crippen molar-refractivity contribution >= 4 is 79.4 Å². The molecule has 0 aliphatic carbocycles. The first-order valence-corrected chi connectivity index (χ1v) is 8.83. The predicted molar refractivity (Wildman–Crippen MR) is 103 cm³/mol. The maximum absolute atomic E-state index is 10.7. The number of rotatable bonds is 6. The van der Waals surface area contributed by atoms with Gasteiger partial charge >= 0.3 is 5.97 Å². The molecule has 0 aromatic heterocycles. The van der Waals surface area contributed by atoms with Crippen molar-refractivity contribution in [3.63, 3.8) is 0 Å². The molecule has 0 radical (unpaired) electrons. The molecule has 0 amide bonds. The van der Waals surface area contributed by atoms with Crippen molar-refractivity contribution in [2.75, 3.05) is 26.1 Å². The molecule has 1 aromatic rings. The monoisotopic (exact) mass is 600 g/mol. The third-order valence-corrected chi connectivity index (χ3v) is 5.43. The highest BCUT2D eigenvalue weighted by molar-refractivity contribution is 14.1. The van der Waals surface area contributed by atoms with Crippen LogP contribution in [-0.2, 0) is 11.2 Å². The summed E-state index contributed by atoms with van der Waals surface area (Å²) in [5.74, 6) is -0.757. The molecule has 0 heterocycles. The SMILES string of the molecule is CN(C)CNc1c(I)cc(I)c(CCC(=O)O)c1I. The fraction of sp³-hybridized carbons (Fsp3) is 0.417. The largest absolute Gasteiger partial charge is 0.481 e. The zero-order chi connectivity index (χ0) is 14.6. The first-order chi connectivity index (χ1) is 8.82. The minimum absolute atomic E-state index is 0.166. The Bertz CT molecular complexity index is 479. The van der Waals surface area contributed by atoms with Gasteiger partial charge in [0.1, 0.15) is 0 Å². The zero-order valence-electron chi connectivity index (χ0n) is 10.6. The molecule has 7 heteroatoms. The van der Waals surface area contributed by atoms with Crippen LogP contribution >= 0.6 is 67.8 Å². The van der Waals surface area contributed by atoms with Crippen molar-refractivity contribution in [2.24, 2.45) is 0 Å². The first kappa shape index (κ1) is 17.7. The van der Waals surface area contributed by atoms with Gasteiger partial charge in [-0.2, -0.15) is 0 Å². The highest BCUT2D eigenvalue weighted by Crippen LogP contribution is 2.32. The van der Waals surface area contributed by atoms with Gasteiger partial charge in [-0.25, -0.2) is 0 Å². The summed E-state index contributed by atoms with van der Waals surface area (Å²) >= 11 is 6.89. The highest BCUT2D eigenvalue weighted by Gasteiger charge is 2.14. The van der Waals surface area contributed by atoms with Crippen LogP contribution in [0.1, 0.15) is 12.0 Å². The molecule has 2 N–H and O–H groups in total. The van der Waals surface area contributed by atoms with E-state index in [2.05, 4.69) is 84.1 Å². The topological polar surface area (TPSA) is 52.6 Å². The van der Waals surface area contributed by atoms with Gasteiger partial charge in [0, 0.05) is 17.1 Å². The molecule has 0 atom stereocenters. The summed E-state index contributed by atoms with van der Waals surface area (Å²) in [5, 5.41) is 12.2. The van der Waals surface area contributed by atoms with Crippen molar-refractivity contribution in [3.8, 4) is 0 Å². The molecule has 0 spiro atoms. The fourth-order valence-corrected chi connectivity index (χ4v) is 5.78. The molecule has 19 heavy (non-hydrogen) atoms. The molecule has 0 unspecified atom stereocenters. The van der Waals surface area contributed by atoms with E-state index in [0.29, 0.717) is 6.42 Å². The second-order valence-electron chi connectivity index (χ2n) is 4.32. The van der Waals surface area contributed by atoms with Gasteiger partial charge in [0.25, 0.3) is 0 Å². The zero-order valence-corrected chi connectivity index (χ0v) is 17.1. The Morgan fingerprint density at radius 3 is 2.47 bits per heavy atom. The molecular weight excluding hydrogens is 585 g/mol. The second-order valence-corrected chi connectivity index (χ2v) is 7.72. The first-order valence-electron chi connectivity index (χ1n) is 5.59. The number of hydrogen-bond acceptors (Lipinski definition) is 3.